The van der Waals surface area contributed by atoms with Gasteiger partial charge in [-0.1, -0.05) is 24.3 Å². The van der Waals surface area contributed by atoms with Crippen molar-refractivity contribution < 1.29 is 4.79 Å². The summed E-state index contributed by atoms with van der Waals surface area (Å²) in [6.45, 7) is 3.88. The van der Waals surface area contributed by atoms with Crippen molar-refractivity contribution in [1.29, 1.82) is 0 Å². The van der Waals surface area contributed by atoms with Crippen molar-refractivity contribution in [1.82, 2.24) is 10.2 Å². The molecule has 0 atom stereocenters. The van der Waals surface area contributed by atoms with Gasteiger partial charge in [0.05, 0.1) is 0 Å². The van der Waals surface area contributed by atoms with Crippen LogP contribution in [-0.4, -0.2) is 31.4 Å². The van der Waals surface area contributed by atoms with Crippen molar-refractivity contribution in [3.8, 4) is 0 Å². The highest BCUT2D eigenvalue weighted by atomic mass is 16.2. The molecule has 1 amide bonds. The van der Waals surface area contributed by atoms with Gasteiger partial charge in [0.25, 0.3) is 0 Å². The third kappa shape index (κ3) is 5.00. The van der Waals surface area contributed by atoms with Crippen molar-refractivity contribution in [3.05, 3.63) is 35.4 Å². The number of benzene rings is 1. The van der Waals surface area contributed by atoms with Crippen LogP contribution in [0.25, 0.3) is 0 Å². The van der Waals surface area contributed by atoms with Crippen LogP contribution in [0, 0.1) is 6.92 Å². The van der Waals surface area contributed by atoms with Gasteiger partial charge in [0, 0.05) is 27.1 Å². The quantitative estimate of drug-likeness (QED) is 0.763. The van der Waals surface area contributed by atoms with Crippen LogP contribution in [-0.2, 0) is 11.3 Å². The Kier molecular flexibility index (Phi) is 5.70. The molecule has 0 aliphatic rings. The number of nitrogens with one attached hydrogen (secondary N) is 1. The first-order valence-corrected chi connectivity index (χ1v) is 6.06. The SMILES string of the molecule is Cc1ccccc1CNCCCC(=O)N(C)C. The summed E-state index contributed by atoms with van der Waals surface area (Å²) < 4.78 is 0. The average molecular weight is 234 g/mol. The molecule has 17 heavy (non-hydrogen) atoms. The normalized spacial score (nSPS) is 10.3. The van der Waals surface area contributed by atoms with Gasteiger partial charge in [-0.25, -0.2) is 0 Å². The summed E-state index contributed by atoms with van der Waals surface area (Å²) >= 11 is 0. The fourth-order valence-electron chi connectivity index (χ4n) is 1.62. The third-order valence-corrected chi connectivity index (χ3v) is 2.82. The summed E-state index contributed by atoms with van der Waals surface area (Å²) in [6.07, 6.45) is 1.51. The van der Waals surface area contributed by atoms with Crippen molar-refractivity contribution in [2.75, 3.05) is 20.6 Å². The number of aryl methyl sites for hydroxylation is 1. The Bertz CT molecular complexity index is 361. The maximum Gasteiger partial charge on any atom is 0.222 e. The second-order valence-electron chi connectivity index (χ2n) is 4.49. The van der Waals surface area contributed by atoms with Gasteiger partial charge in [-0.15, -0.1) is 0 Å². The highest BCUT2D eigenvalue weighted by Gasteiger charge is 2.02. The molecule has 0 saturated heterocycles. The zero-order valence-electron chi connectivity index (χ0n) is 11.0. The molecular formula is C14H22N2O. The minimum Gasteiger partial charge on any atom is -0.349 e. The number of carbonyl (C=O) groups is 1. The fraction of sp³-hybridized carbons (Fsp3) is 0.500. The molecule has 0 bridgehead atoms. The third-order valence-electron chi connectivity index (χ3n) is 2.82. The van der Waals surface area contributed by atoms with E-state index in [0.717, 1.165) is 19.5 Å². The van der Waals surface area contributed by atoms with Gasteiger partial charge in [0.15, 0.2) is 0 Å². The molecule has 1 rings (SSSR count). The Morgan fingerprint density at radius 3 is 2.65 bits per heavy atom. The molecular weight excluding hydrogens is 212 g/mol. The average Bonchev–Trinajstić information content (AvgIpc) is 2.30. The van der Waals surface area contributed by atoms with Crippen LogP contribution in [0.5, 0.6) is 0 Å². The summed E-state index contributed by atoms with van der Waals surface area (Å²) in [7, 11) is 3.59. The Labute approximate surface area is 104 Å². The van der Waals surface area contributed by atoms with Gasteiger partial charge >= 0.3 is 0 Å². The van der Waals surface area contributed by atoms with Crippen molar-refractivity contribution in [3.63, 3.8) is 0 Å². The standard InChI is InChI=1S/C14H22N2O/c1-12-7-4-5-8-13(12)11-15-10-6-9-14(17)16(2)3/h4-5,7-8,15H,6,9-11H2,1-3H3. The van der Waals surface area contributed by atoms with Crippen LogP contribution >= 0.6 is 0 Å². The van der Waals surface area contributed by atoms with E-state index in [4.69, 9.17) is 0 Å². The molecule has 3 heteroatoms. The van der Waals surface area contributed by atoms with E-state index in [1.165, 1.54) is 11.1 Å². The monoisotopic (exact) mass is 234 g/mol. The van der Waals surface area contributed by atoms with E-state index < -0.39 is 0 Å². The van der Waals surface area contributed by atoms with Crippen LogP contribution in [0.15, 0.2) is 24.3 Å². The van der Waals surface area contributed by atoms with Gasteiger partial charge in [-0.3, -0.25) is 4.79 Å². The highest BCUT2D eigenvalue weighted by molar-refractivity contribution is 5.75. The number of hydrogen-bond acceptors (Lipinski definition) is 2. The highest BCUT2D eigenvalue weighted by Crippen LogP contribution is 2.06. The topological polar surface area (TPSA) is 32.3 Å². The number of rotatable bonds is 6. The first-order valence-electron chi connectivity index (χ1n) is 6.06. The van der Waals surface area contributed by atoms with E-state index in [0.29, 0.717) is 6.42 Å². The molecule has 0 spiro atoms. The number of carbonyl (C=O) groups excluding carboxylic acids is 1. The van der Waals surface area contributed by atoms with Crippen molar-refractivity contribution >= 4 is 5.91 Å². The van der Waals surface area contributed by atoms with E-state index in [9.17, 15) is 4.79 Å². The van der Waals surface area contributed by atoms with E-state index >= 15 is 0 Å². The van der Waals surface area contributed by atoms with Crippen molar-refractivity contribution in [2.24, 2.45) is 0 Å². The molecule has 1 N–H and O–H groups in total. The maximum absolute atomic E-state index is 11.3. The van der Waals surface area contributed by atoms with Gasteiger partial charge in [0.1, 0.15) is 0 Å². The van der Waals surface area contributed by atoms with E-state index in [2.05, 4.69) is 36.5 Å². The molecule has 0 aliphatic heterocycles. The largest absolute Gasteiger partial charge is 0.349 e. The summed E-state index contributed by atoms with van der Waals surface area (Å²) in [5.74, 6) is 0.197. The molecule has 0 unspecified atom stereocenters. The van der Waals surface area contributed by atoms with Gasteiger partial charge < -0.3 is 10.2 Å². The first kappa shape index (κ1) is 13.7. The van der Waals surface area contributed by atoms with Crippen molar-refractivity contribution in [2.45, 2.75) is 26.3 Å². The van der Waals surface area contributed by atoms with Crippen LogP contribution in [0.4, 0.5) is 0 Å². The lowest BCUT2D eigenvalue weighted by molar-refractivity contribution is -0.128. The lowest BCUT2D eigenvalue weighted by Crippen LogP contribution is -2.23. The molecule has 0 radical (unpaired) electrons. The summed E-state index contributed by atoms with van der Waals surface area (Å²) in [6, 6.07) is 8.36. The van der Waals surface area contributed by atoms with E-state index in [1.807, 2.05) is 0 Å². The molecule has 0 aliphatic carbocycles. The molecule has 1 aromatic carbocycles. The van der Waals surface area contributed by atoms with Crippen LogP contribution < -0.4 is 5.32 Å². The summed E-state index contributed by atoms with van der Waals surface area (Å²) in [5.41, 5.74) is 2.64. The Hall–Kier alpha value is -1.35. The molecule has 3 nitrogen and oxygen atoms in total. The Balaban J connectivity index is 2.17. The van der Waals surface area contributed by atoms with Gasteiger partial charge in [-0.2, -0.15) is 0 Å². The molecule has 0 aromatic heterocycles. The smallest absolute Gasteiger partial charge is 0.222 e. The predicted octanol–water partition coefficient (Wildman–Crippen LogP) is 1.95. The second kappa shape index (κ2) is 7.07. The Morgan fingerprint density at radius 1 is 1.29 bits per heavy atom. The number of hydrogen-bond donors (Lipinski definition) is 1. The molecule has 0 heterocycles. The Morgan fingerprint density at radius 2 is 2.00 bits per heavy atom. The molecule has 0 fully saturated rings. The zero-order valence-corrected chi connectivity index (χ0v) is 11.0. The van der Waals surface area contributed by atoms with Crippen LogP contribution in [0.2, 0.25) is 0 Å². The van der Waals surface area contributed by atoms with E-state index in [1.54, 1.807) is 19.0 Å². The number of nitrogens with zero attached hydrogens (tertiary/aromatic N) is 1. The maximum atomic E-state index is 11.3. The van der Waals surface area contributed by atoms with E-state index in [-0.39, 0.29) is 5.91 Å². The van der Waals surface area contributed by atoms with Crippen LogP contribution in [0.1, 0.15) is 24.0 Å². The predicted molar refractivity (Wildman–Crippen MR) is 70.8 cm³/mol. The molecule has 94 valence electrons. The summed E-state index contributed by atoms with van der Waals surface area (Å²) in [5, 5.41) is 3.37. The fourth-order valence-corrected chi connectivity index (χ4v) is 1.62. The second-order valence-corrected chi connectivity index (χ2v) is 4.49. The molecule has 0 saturated carbocycles. The van der Waals surface area contributed by atoms with Gasteiger partial charge in [-0.05, 0) is 31.0 Å². The minimum atomic E-state index is 0.197. The van der Waals surface area contributed by atoms with Crippen LogP contribution in [0.3, 0.4) is 0 Å². The lowest BCUT2D eigenvalue weighted by atomic mass is 10.1. The zero-order chi connectivity index (χ0) is 12.7. The lowest BCUT2D eigenvalue weighted by Gasteiger charge is -2.10. The first-order chi connectivity index (χ1) is 8.11. The number of amides is 1. The minimum absolute atomic E-state index is 0.197. The molecule has 1 aromatic rings. The van der Waals surface area contributed by atoms with Gasteiger partial charge in [0.2, 0.25) is 5.91 Å². The summed E-state index contributed by atoms with van der Waals surface area (Å²) in [4.78, 5) is 13.0.